The molecule has 0 saturated carbocycles. The summed E-state index contributed by atoms with van der Waals surface area (Å²) in [7, 11) is 0. The number of hydrogen-bond acceptors (Lipinski definition) is 4. The molecule has 0 saturated heterocycles. The van der Waals surface area contributed by atoms with Crippen LogP contribution in [0.1, 0.15) is 5.56 Å². The maximum absolute atomic E-state index is 13.0. The molecule has 0 amide bonds. The number of halogens is 5. The van der Waals surface area contributed by atoms with Gasteiger partial charge in [-0.2, -0.15) is 23.5 Å². The van der Waals surface area contributed by atoms with Gasteiger partial charge in [0.25, 0.3) is 0 Å². The van der Waals surface area contributed by atoms with E-state index in [1.54, 1.807) is 0 Å². The second-order valence-electron chi connectivity index (χ2n) is 3.41. The van der Waals surface area contributed by atoms with Crippen LogP contribution < -0.4 is 11.2 Å². The predicted molar refractivity (Wildman–Crippen MR) is 67.7 cm³/mol. The summed E-state index contributed by atoms with van der Waals surface area (Å²) in [4.78, 5) is 0. The minimum absolute atomic E-state index is 0.241. The number of alkyl halides is 3. The molecular weight excluding hydrogens is 346 g/mol. The zero-order chi connectivity index (χ0) is 15.5. The van der Waals surface area contributed by atoms with Gasteiger partial charge in [0.2, 0.25) is 5.71 Å². The smallest absolute Gasteiger partial charge is 0.382 e. The fourth-order valence-electron chi connectivity index (χ4n) is 1.17. The van der Waals surface area contributed by atoms with Gasteiger partial charge in [0.15, 0.2) is 5.84 Å². The van der Waals surface area contributed by atoms with Gasteiger partial charge in [0.05, 0.1) is 11.3 Å². The Morgan fingerprint density at radius 3 is 2.50 bits per heavy atom. The van der Waals surface area contributed by atoms with E-state index in [0.717, 1.165) is 6.07 Å². The third-order valence-electron chi connectivity index (χ3n) is 2.00. The van der Waals surface area contributed by atoms with Crippen molar-refractivity contribution >= 4 is 33.2 Å². The van der Waals surface area contributed by atoms with Gasteiger partial charge in [-0.3, -0.25) is 10.8 Å². The minimum atomic E-state index is -4.83. The van der Waals surface area contributed by atoms with Crippen molar-refractivity contribution in [3.05, 3.63) is 28.0 Å². The highest BCUT2D eigenvalue weighted by Gasteiger charge is 2.35. The van der Waals surface area contributed by atoms with Crippen molar-refractivity contribution in [1.29, 1.82) is 10.7 Å². The van der Waals surface area contributed by atoms with Crippen molar-refractivity contribution in [2.24, 2.45) is 10.8 Å². The number of hydrazone groups is 1. The topological polar surface area (TPSA) is 98.0 Å². The first-order valence-corrected chi connectivity index (χ1v) is 5.60. The molecule has 0 spiro atoms. The van der Waals surface area contributed by atoms with Crippen LogP contribution in [0.3, 0.4) is 0 Å². The Hall–Kier alpha value is -2.15. The third kappa shape index (κ3) is 3.67. The summed E-state index contributed by atoms with van der Waals surface area (Å²) in [6.07, 6.45) is -4.83. The van der Waals surface area contributed by atoms with Gasteiger partial charge in [0.1, 0.15) is 11.9 Å². The van der Waals surface area contributed by atoms with Crippen molar-refractivity contribution in [3.63, 3.8) is 0 Å². The molecule has 0 unspecified atom stereocenters. The molecule has 0 radical (unpaired) electrons. The number of rotatable bonds is 3. The Kier molecular flexibility index (Phi) is 4.67. The zero-order valence-corrected chi connectivity index (χ0v) is 11.1. The Morgan fingerprint density at radius 1 is 1.45 bits per heavy atom. The molecule has 20 heavy (non-hydrogen) atoms. The summed E-state index contributed by atoms with van der Waals surface area (Å²) in [5.74, 6) is -1.81. The lowest BCUT2D eigenvalue weighted by molar-refractivity contribution is -0.137. The molecule has 1 aromatic carbocycles. The van der Waals surface area contributed by atoms with Crippen molar-refractivity contribution in [2.75, 3.05) is 5.43 Å². The van der Waals surface area contributed by atoms with E-state index >= 15 is 0 Å². The number of nitrogens with one attached hydrogen (secondary N) is 2. The van der Waals surface area contributed by atoms with Crippen LogP contribution in [0.25, 0.3) is 0 Å². The molecule has 0 aliphatic rings. The molecule has 4 N–H and O–H groups in total. The van der Waals surface area contributed by atoms with Crippen molar-refractivity contribution in [3.8, 4) is 6.07 Å². The predicted octanol–water partition coefficient (Wildman–Crippen LogP) is 2.83. The van der Waals surface area contributed by atoms with E-state index in [2.05, 4.69) is 21.0 Å². The lowest BCUT2D eigenvalue weighted by Gasteiger charge is -2.14. The van der Waals surface area contributed by atoms with Crippen molar-refractivity contribution in [1.82, 2.24) is 0 Å². The summed E-state index contributed by atoms with van der Waals surface area (Å²) >= 11 is 2.76. The highest BCUT2D eigenvalue weighted by molar-refractivity contribution is 9.10. The standard InChI is InChI=1S/C10H6BrF4N5/c11-6-2-4(12)1-5(10(13,14)15)8(6)20-19-7(3-16)9(17)18/h1-2,20H,(H3,17,18)/b19-7+. The monoisotopic (exact) mass is 351 g/mol. The van der Waals surface area contributed by atoms with E-state index in [4.69, 9.17) is 16.4 Å². The highest BCUT2D eigenvalue weighted by atomic mass is 79.9. The number of benzene rings is 1. The van der Waals surface area contributed by atoms with Crippen LogP contribution >= 0.6 is 15.9 Å². The van der Waals surface area contributed by atoms with E-state index in [9.17, 15) is 17.6 Å². The molecule has 0 heterocycles. The molecule has 0 aliphatic carbocycles. The average molecular weight is 352 g/mol. The molecule has 5 nitrogen and oxygen atoms in total. The van der Waals surface area contributed by atoms with Gasteiger partial charge < -0.3 is 5.73 Å². The lowest BCUT2D eigenvalue weighted by atomic mass is 10.1. The molecule has 10 heteroatoms. The van der Waals surface area contributed by atoms with Gasteiger partial charge in [-0.15, -0.1) is 0 Å². The summed E-state index contributed by atoms with van der Waals surface area (Å²) in [6.45, 7) is 0. The number of anilines is 1. The molecule has 1 aromatic rings. The Balaban J connectivity index is 3.32. The molecule has 0 aromatic heterocycles. The summed E-state index contributed by atoms with van der Waals surface area (Å²) < 4.78 is 51.1. The molecule has 0 fully saturated rings. The van der Waals surface area contributed by atoms with Gasteiger partial charge in [-0.25, -0.2) is 4.39 Å². The molecule has 0 atom stereocenters. The number of nitriles is 1. The summed E-state index contributed by atoms with van der Waals surface area (Å²) in [5.41, 5.74) is 4.45. The Morgan fingerprint density at radius 2 is 2.05 bits per heavy atom. The van der Waals surface area contributed by atoms with Crippen LogP contribution in [-0.4, -0.2) is 11.5 Å². The largest absolute Gasteiger partial charge is 0.418 e. The van der Waals surface area contributed by atoms with Crippen LogP contribution in [-0.2, 0) is 6.18 Å². The lowest BCUT2D eigenvalue weighted by Crippen LogP contribution is -2.22. The normalized spacial score (nSPS) is 11.9. The van der Waals surface area contributed by atoms with E-state index < -0.39 is 34.8 Å². The first-order valence-electron chi connectivity index (χ1n) is 4.81. The van der Waals surface area contributed by atoms with E-state index in [1.807, 2.05) is 5.43 Å². The van der Waals surface area contributed by atoms with Crippen molar-refractivity contribution in [2.45, 2.75) is 6.18 Å². The summed E-state index contributed by atoms with van der Waals surface area (Å²) in [5, 5.41) is 18.8. The molecule has 1 rings (SSSR count). The van der Waals surface area contributed by atoms with Crippen LogP contribution in [0.4, 0.5) is 23.2 Å². The number of amidine groups is 1. The Labute approximate surface area is 118 Å². The van der Waals surface area contributed by atoms with Crippen LogP contribution in [0.5, 0.6) is 0 Å². The van der Waals surface area contributed by atoms with Gasteiger partial charge in [-0.1, -0.05) is 0 Å². The first kappa shape index (κ1) is 15.9. The maximum Gasteiger partial charge on any atom is 0.418 e. The molecule has 0 aliphatic heterocycles. The maximum atomic E-state index is 13.0. The first-order chi connectivity index (χ1) is 9.16. The summed E-state index contributed by atoms with van der Waals surface area (Å²) in [6, 6.07) is 2.51. The fraction of sp³-hybridized carbons (Fsp3) is 0.100. The number of nitrogens with zero attached hydrogens (tertiary/aromatic N) is 2. The SMILES string of the molecule is N#C/C(=N\Nc1c(Br)cc(F)cc1C(F)(F)F)C(=N)N. The molecule has 0 bridgehead atoms. The fourth-order valence-corrected chi connectivity index (χ4v) is 1.69. The van der Waals surface area contributed by atoms with Gasteiger partial charge in [-0.05, 0) is 28.1 Å². The number of hydrogen-bond donors (Lipinski definition) is 3. The quantitative estimate of drug-likeness (QED) is 0.338. The Bertz CT molecular complexity index is 617. The third-order valence-corrected chi connectivity index (χ3v) is 2.63. The van der Waals surface area contributed by atoms with Crippen LogP contribution in [0, 0.1) is 22.6 Å². The van der Waals surface area contributed by atoms with Crippen molar-refractivity contribution < 1.29 is 17.6 Å². The van der Waals surface area contributed by atoms with E-state index in [-0.39, 0.29) is 10.5 Å². The van der Waals surface area contributed by atoms with E-state index in [0.29, 0.717) is 0 Å². The van der Waals surface area contributed by atoms with Gasteiger partial charge in [0, 0.05) is 4.47 Å². The van der Waals surface area contributed by atoms with Gasteiger partial charge >= 0.3 is 6.18 Å². The minimum Gasteiger partial charge on any atom is -0.382 e. The average Bonchev–Trinajstić information content (AvgIpc) is 2.29. The highest BCUT2D eigenvalue weighted by Crippen LogP contribution is 2.39. The van der Waals surface area contributed by atoms with Crippen LogP contribution in [0.15, 0.2) is 21.7 Å². The second kappa shape index (κ2) is 5.87. The zero-order valence-electron chi connectivity index (χ0n) is 9.52. The molecular formula is C10H6BrF4N5. The second-order valence-corrected chi connectivity index (χ2v) is 4.26. The van der Waals surface area contributed by atoms with E-state index in [1.165, 1.54) is 6.07 Å². The van der Waals surface area contributed by atoms with Crippen LogP contribution in [0.2, 0.25) is 0 Å². The number of nitrogens with two attached hydrogens (primary N) is 1. The molecule has 106 valence electrons.